The van der Waals surface area contributed by atoms with Crippen molar-refractivity contribution in [2.45, 2.75) is 38.5 Å². The second-order valence-corrected chi connectivity index (χ2v) is 7.59. The Balaban J connectivity index is 1.65. The molecule has 1 aliphatic rings. The zero-order valence-corrected chi connectivity index (χ0v) is 15.3. The Kier molecular flexibility index (Phi) is 6.04. The number of benzene rings is 1. The molecule has 3 nitrogen and oxygen atoms in total. The normalized spacial score (nSPS) is 15.6. The molecule has 1 saturated carbocycles. The summed E-state index contributed by atoms with van der Waals surface area (Å²) < 4.78 is 54.7. The topological polar surface area (TPSA) is 38.3 Å². The molecule has 0 bridgehead atoms. The maximum atomic E-state index is 14.3. The summed E-state index contributed by atoms with van der Waals surface area (Å²) in [5.41, 5.74) is 0.561. The molecule has 1 aliphatic carbocycles. The van der Waals surface area contributed by atoms with Crippen molar-refractivity contribution in [1.82, 2.24) is 5.32 Å². The minimum absolute atomic E-state index is 0.182. The molecule has 0 saturated heterocycles. The molecule has 0 aliphatic heterocycles. The summed E-state index contributed by atoms with van der Waals surface area (Å²) in [5, 5.41) is 2.30. The number of alkyl halides is 3. The van der Waals surface area contributed by atoms with Crippen molar-refractivity contribution in [2.75, 3.05) is 6.54 Å². The van der Waals surface area contributed by atoms with Gasteiger partial charge < -0.3 is 10.1 Å². The Morgan fingerprint density at radius 3 is 2.44 bits per heavy atom. The number of rotatable bonds is 5. The number of thiophene rings is 1. The fraction of sp³-hybridized carbons (Fsp3) is 0.421. The zero-order valence-electron chi connectivity index (χ0n) is 14.4. The Labute approximate surface area is 158 Å². The number of hydrogen-bond donors (Lipinski definition) is 1. The van der Waals surface area contributed by atoms with Crippen molar-refractivity contribution in [3.05, 3.63) is 40.3 Å². The van der Waals surface area contributed by atoms with Crippen molar-refractivity contribution in [3.8, 4) is 16.9 Å². The lowest BCUT2D eigenvalue weighted by Crippen LogP contribution is -2.29. The van der Waals surface area contributed by atoms with Gasteiger partial charge in [-0.3, -0.25) is 4.79 Å². The third kappa shape index (κ3) is 5.45. The highest BCUT2D eigenvalue weighted by molar-refractivity contribution is 7.12. The van der Waals surface area contributed by atoms with E-state index in [0.717, 1.165) is 36.3 Å². The SMILES string of the molecule is O=C(NCC1CCCCC1)c1cc(-c2ccc(OC(F)(F)F)cc2)c(F)s1. The molecule has 0 atom stereocenters. The molecule has 0 radical (unpaired) electrons. The molecule has 1 aromatic carbocycles. The van der Waals surface area contributed by atoms with E-state index in [1.165, 1.54) is 37.5 Å². The Hall–Kier alpha value is -2.09. The Morgan fingerprint density at radius 2 is 1.81 bits per heavy atom. The van der Waals surface area contributed by atoms with Crippen LogP contribution in [0.1, 0.15) is 41.8 Å². The summed E-state index contributed by atoms with van der Waals surface area (Å²) in [5.74, 6) is -0.242. The Morgan fingerprint density at radius 1 is 1.15 bits per heavy atom. The monoisotopic (exact) mass is 401 g/mol. The summed E-state index contributed by atoms with van der Waals surface area (Å²) in [7, 11) is 0. The van der Waals surface area contributed by atoms with Crippen LogP contribution in [0.4, 0.5) is 17.6 Å². The maximum absolute atomic E-state index is 14.3. The van der Waals surface area contributed by atoms with Crippen LogP contribution in [0.3, 0.4) is 0 Å². The van der Waals surface area contributed by atoms with Gasteiger partial charge in [0.05, 0.1) is 4.88 Å². The van der Waals surface area contributed by atoms with Crippen LogP contribution in [-0.2, 0) is 0 Å². The first-order valence-corrected chi connectivity index (χ1v) is 9.57. The number of hydrogen-bond acceptors (Lipinski definition) is 3. The number of amides is 1. The van der Waals surface area contributed by atoms with Crippen LogP contribution < -0.4 is 10.1 Å². The van der Waals surface area contributed by atoms with Gasteiger partial charge in [0.15, 0.2) is 5.13 Å². The summed E-state index contributed by atoms with van der Waals surface area (Å²) in [6.07, 6.45) is 0.988. The van der Waals surface area contributed by atoms with Crippen LogP contribution >= 0.6 is 11.3 Å². The van der Waals surface area contributed by atoms with Crippen LogP contribution in [-0.4, -0.2) is 18.8 Å². The predicted octanol–water partition coefficient (Wildman–Crippen LogP) is 5.76. The van der Waals surface area contributed by atoms with Crippen molar-refractivity contribution >= 4 is 17.2 Å². The van der Waals surface area contributed by atoms with E-state index >= 15 is 0 Å². The van der Waals surface area contributed by atoms with E-state index < -0.39 is 11.5 Å². The van der Waals surface area contributed by atoms with Crippen LogP contribution in [0.5, 0.6) is 5.75 Å². The molecule has 8 heteroatoms. The fourth-order valence-electron chi connectivity index (χ4n) is 3.23. The van der Waals surface area contributed by atoms with Gasteiger partial charge in [0.2, 0.25) is 0 Å². The highest BCUT2D eigenvalue weighted by Gasteiger charge is 2.31. The van der Waals surface area contributed by atoms with Gasteiger partial charge in [-0.1, -0.05) is 31.4 Å². The van der Waals surface area contributed by atoms with Gasteiger partial charge in [0, 0.05) is 12.1 Å². The summed E-state index contributed by atoms with van der Waals surface area (Å²) in [4.78, 5) is 12.5. The molecule has 27 heavy (non-hydrogen) atoms. The average Bonchev–Trinajstić information content (AvgIpc) is 3.02. The smallest absolute Gasteiger partial charge is 0.406 e. The third-order valence-electron chi connectivity index (χ3n) is 4.59. The van der Waals surface area contributed by atoms with Crippen LogP contribution in [0.25, 0.3) is 11.1 Å². The number of carbonyl (C=O) groups is 1. The lowest BCUT2D eigenvalue weighted by Gasteiger charge is -2.21. The number of nitrogens with one attached hydrogen (secondary N) is 1. The van der Waals surface area contributed by atoms with Gasteiger partial charge in [-0.25, -0.2) is 0 Å². The predicted molar refractivity (Wildman–Crippen MR) is 95.3 cm³/mol. The first-order valence-electron chi connectivity index (χ1n) is 8.75. The van der Waals surface area contributed by atoms with Gasteiger partial charge >= 0.3 is 6.36 Å². The van der Waals surface area contributed by atoms with Gasteiger partial charge in [-0.2, -0.15) is 4.39 Å². The largest absolute Gasteiger partial charge is 0.573 e. The minimum atomic E-state index is -4.78. The van der Waals surface area contributed by atoms with E-state index in [-0.39, 0.29) is 22.1 Å². The maximum Gasteiger partial charge on any atom is 0.573 e. The van der Waals surface area contributed by atoms with E-state index in [4.69, 9.17) is 0 Å². The number of carbonyl (C=O) groups excluding carboxylic acids is 1. The molecule has 1 N–H and O–H groups in total. The highest BCUT2D eigenvalue weighted by Crippen LogP contribution is 2.32. The van der Waals surface area contributed by atoms with Crippen LogP contribution in [0, 0.1) is 11.0 Å². The van der Waals surface area contributed by atoms with Gasteiger partial charge in [0.25, 0.3) is 5.91 Å². The lowest BCUT2D eigenvalue weighted by molar-refractivity contribution is -0.274. The molecule has 1 aromatic heterocycles. The Bertz CT molecular complexity index is 780. The lowest BCUT2D eigenvalue weighted by atomic mass is 9.89. The second kappa shape index (κ2) is 8.29. The van der Waals surface area contributed by atoms with Crippen molar-refractivity contribution in [3.63, 3.8) is 0 Å². The third-order valence-corrected chi connectivity index (χ3v) is 5.51. The molecule has 146 valence electrons. The van der Waals surface area contributed by atoms with Gasteiger partial charge in [-0.05, 0) is 42.5 Å². The van der Waals surface area contributed by atoms with E-state index in [9.17, 15) is 22.4 Å². The van der Waals surface area contributed by atoms with E-state index in [1.54, 1.807) is 0 Å². The molecule has 1 heterocycles. The quantitative estimate of drug-likeness (QED) is 0.647. The standard InChI is InChI=1S/C19H19F4NO2S/c20-17-15(13-6-8-14(9-7-13)26-19(21,22)23)10-16(27-17)18(25)24-11-12-4-2-1-3-5-12/h6-10,12H,1-5,11H2,(H,24,25). The highest BCUT2D eigenvalue weighted by atomic mass is 32.1. The average molecular weight is 401 g/mol. The second-order valence-electron chi connectivity index (χ2n) is 6.58. The molecule has 1 amide bonds. The first-order chi connectivity index (χ1) is 12.8. The zero-order chi connectivity index (χ0) is 19.4. The van der Waals surface area contributed by atoms with Crippen molar-refractivity contribution in [2.24, 2.45) is 5.92 Å². The van der Waals surface area contributed by atoms with Crippen molar-refractivity contribution in [1.29, 1.82) is 0 Å². The van der Waals surface area contributed by atoms with E-state index in [0.29, 0.717) is 18.0 Å². The number of halogens is 4. The van der Waals surface area contributed by atoms with E-state index in [1.807, 2.05) is 0 Å². The van der Waals surface area contributed by atoms with Gasteiger partial charge in [0.1, 0.15) is 5.75 Å². The fourth-order valence-corrected chi connectivity index (χ4v) is 4.05. The molecule has 2 aromatic rings. The summed E-state index contributed by atoms with van der Waals surface area (Å²) >= 11 is 0.728. The summed E-state index contributed by atoms with van der Waals surface area (Å²) in [6, 6.07) is 6.31. The molecule has 1 fully saturated rings. The molecule has 0 spiro atoms. The summed E-state index contributed by atoms with van der Waals surface area (Å²) in [6.45, 7) is 0.581. The molecular weight excluding hydrogens is 382 g/mol. The van der Waals surface area contributed by atoms with Crippen molar-refractivity contribution < 1.29 is 27.1 Å². The molecular formula is C19H19F4NO2S. The molecule has 0 unspecified atom stereocenters. The van der Waals surface area contributed by atoms with Crippen LogP contribution in [0.2, 0.25) is 0 Å². The van der Waals surface area contributed by atoms with Crippen LogP contribution in [0.15, 0.2) is 30.3 Å². The van der Waals surface area contributed by atoms with E-state index in [2.05, 4.69) is 10.1 Å². The first kappa shape index (κ1) is 19.7. The minimum Gasteiger partial charge on any atom is -0.406 e. The number of ether oxygens (including phenoxy) is 1. The molecule has 3 rings (SSSR count). The van der Waals surface area contributed by atoms with Gasteiger partial charge in [-0.15, -0.1) is 24.5 Å².